The van der Waals surface area contributed by atoms with E-state index >= 15 is 0 Å². The van der Waals surface area contributed by atoms with Crippen LogP contribution in [0.4, 0.5) is 10.1 Å². The summed E-state index contributed by atoms with van der Waals surface area (Å²) in [6.07, 6.45) is 3.66. The van der Waals surface area contributed by atoms with Crippen LogP contribution in [0.5, 0.6) is 5.75 Å². The smallest absolute Gasteiger partial charge is 0.167 e. The SMILES string of the molecule is CCC1CN2CCCC2CN1c1ccc(OC)c(F)c1. The van der Waals surface area contributed by atoms with Gasteiger partial charge in [-0.25, -0.2) is 4.39 Å². The third-order valence-corrected chi connectivity index (χ3v) is 4.73. The summed E-state index contributed by atoms with van der Waals surface area (Å²) in [6.45, 7) is 5.57. The Morgan fingerprint density at radius 1 is 1.35 bits per heavy atom. The molecule has 0 aliphatic carbocycles. The van der Waals surface area contributed by atoms with E-state index in [4.69, 9.17) is 4.74 Å². The van der Waals surface area contributed by atoms with E-state index in [0.717, 1.165) is 25.2 Å². The first kappa shape index (κ1) is 13.7. The van der Waals surface area contributed by atoms with Gasteiger partial charge in [-0.05, 0) is 37.9 Å². The van der Waals surface area contributed by atoms with E-state index in [1.807, 2.05) is 6.07 Å². The Morgan fingerprint density at radius 2 is 2.20 bits per heavy atom. The van der Waals surface area contributed by atoms with Crippen LogP contribution in [0.15, 0.2) is 18.2 Å². The molecule has 20 heavy (non-hydrogen) atoms. The number of hydrogen-bond donors (Lipinski definition) is 0. The average molecular weight is 278 g/mol. The number of methoxy groups -OCH3 is 1. The highest BCUT2D eigenvalue weighted by atomic mass is 19.1. The molecule has 0 saturated carbocycles. The molecule has 0 bridgehead atoms. The zero-order valence-electron chi connectivity index (χ0n) is 12.3. The highest BCUT2D eigenvalue weighted by Crippen LogP contribution is 2.31. The Labute approximate surface area is 120 Å². The predicted molar refractivity (Wildman–Crippen MR) is 79.0 cm³/mol. The zero-order chi connectivity index (χ0) is 14.1. The molecule has 3 rings (SSSR count). The van der Waals surface area contributed by atoms with Gasteiger partial charge in [-0.3, -0.25) is 4.90 Å². The fourth-order valence-corrected chi connectivity index (χ4v) is 3.59. The summed E-state index contributed by atoms with van der Waals surface area (Å²) in [5.41, 5.74) is 0.988. The van der Waals surface area contributed by atoms with Gasteiger partial charge in [0.2, 0.25) is 0 Å². The fraction of sp³-hybridized carbons (Fsp3) is 0.625. The summed E-state index contributed by atoms with van der Waals surface area (Å²) in [7, 11) is 1.50. The first-order chi connectivity index (χ1) is 9.72. The molecule has 4 heteroatoms. The van der Waals surface area contributed by atoms with Crippen molar-refractivity contribution < 1.29 is 9.13 Å². The van der Waals surface area contributed by atoms with Crippen molar-refractivity contribution in [1.82, 2.24) is 4.90 Å². The van der Waals surface area contributed by atoms with Gasteiger partial charge in [-0.2, -0.15) is 0 Å². The summed E-state index contributed by atoms with van der Waals surface area (Å²) in [5, 5.41) is 0. The first-order valence-electron chi connectivity index (χ1n) is 7.57. The number of anilines is 1. The van der Waals surface area contributed by atoms with Gasteiger partial charge in [-0.1, -0.05) is 6.92 Å². The lowest BCUT2D eigenvalue weighted by Crippen LogP contribution is -2.56. The van der Waals surface area contributed by atoms with Crippen molar-refractivity contribution in [3.05, 3.63) is 24.0 Å². The van der Waals surface area contributed by atoms with Crippen LogP contribution in [0.2, 0.25) is 0 Å². The largest absolute Gasteiger partial charge is 0.494 e. The molecule has 0 amide bonds. The number of fused-ring (bicyclic) bond motifs is 1. The number of halogens is 1. The molecule has 1 aromatic rings. The Bertz CT molecular complexity index is 480. The van der Waals surface area contributed by atoms with Crippen molar-refractivity contribution >= 4 is 5.69 Å². The van der Waals surface area contributed by atoms with E-state index in [9.17, 15) is 4.39 Å². The van der Waals surface area contributed by atoms with Crippen molar-refractivity contribution in [3.63, 3.8) is 0 Å². The van der Waals surface area contributed by atoms with Gasteiger partial charge in [-0.15, -0.1) is 0 Å². The molecular formula is C16H23FN2O. The highest BCUT2D eigenvalue weighted by molar-refractivity contribution is 5.51. The fourth-order valence-electron chi connectivity index (χ4n) is 3.59. The lowest BCUT2D eigenvalue weighted by atomic mass is 10.0. The molecule has 2 heterocycles. The zero-order valence-corrected chi connectivity index (χ0v) is 12.3. The topological polar surface area (TPSA) is 15.7 Å². The Hall–Kier alpha value is -1.29. The second-order valence-corrected chi connectivity index (χ2v) is 5.82. The average Bonchev–Trinajstić information content (AvgIpc) is 2.92. The second kappa shape index (κ2) is 5.60. The minimum absolute atomic E-state index is 0.270. The van der Waals surface area contributed by atoms with Crippen LogP contribution in [0.25, 0.3) is 0 Å². The quantitative estimate of drug-likeness (QED) is 0.845. The molecule has 2 aliphatic rings. The van der Waals surface area contributed by atoms with Gasteiger partial charge in [0, 0.05) is 36.9 Å². The minimum Gasteiger partial charge on any atom is -0.494 e. The molecular weight excluding hydrogens is 255 g/mol. The third-order valence-electron chi connectivity index (χ3n) is 4.73. The molecule has 0 radical (unpaired) electrons. The van der Waals surface area contributed by atoms with Crippen LogP contribution in [0.3, 0.4) is 0 Å². The van der Waals surface area contributed by atoms with Crippen molar-refractivity contribution in [2.45, 2.75) is 38.3 Å². The molecule has 1 aromatic carbocycles. The van der Waals surface area contributed by atoms with E-state index in [1.165, 1.54) is 26.5 Å². The summed E-state index contributed by atoms with van der Waals surface area (Å²) in [5.74, 6) is 0.0509. The van der Waals surface area contributed by atoms with Crippen LogP contribution in [0.1, 0.15) is 26.2 Å². The van der Waals surface area contributed by atoms with Gasteiger partial charge in [0.05, 0.1) is 7.11 Å². The number of piperazine rings is 1. The molecule has 0 aromatic heterocycles. The van der Waals surface area contributed by atoms with Gasteiger partial charge in [0.25, 0.3) is 0 Å². The summed E-state index contributed by atoms with van der Waals surface area (Å²) in [4.78, 5) is 4.99. The predicted octanol–water partition coefficient (Wildman–Crippen LogP) is 2.90. The van der Waals surface area contributed by atoms with E-state index < -0.39 is 0 Å². The Morgan fingerprint density at radius 3 is 2.90 bits per heavy atom. The standard InChI is InChI=1S/C16H23FN2O/c1-3-12-10-18-8-4-5-14(18)11-19(12)13-6-7-16(20-2)15(17)9-13/h6-7,9,12,14H,3-5,8,10-11H2,1-2H3. The molecule has 110 valence electrons. The van der Waals surface area contributed by atoms with Crippen LogP contribution in [0, 0.1) is 5.82 Å². The maximum Gasteiger partial charge on any atom is 0.167 e. The van der Waals surface area contributed by atoms with Gasteiger partial charge >= 0.3 is 0 Å². The first-order valence-corrected chi connectivity index (χ1v) is 7.57. The van der Waals surface area contributed by atoms with Gasteiger partial charge in [0.15, 0.2) is 11.6 Å². The number of rotatable bonds is 3. The normalized spacial score (nSPS) is 26.6. The van der Waals surface area contributed by atoms with Crippen molar-refractivity contribution in [2.75, 3.05) is 31.6 Å². The second-order valence-electron chi connectivity index (χ2n) is 5.82. The summed E-state index contributed by atoms with van der Waals surface area (Å²) in [6, 6.07) is 6.46. The minimum atomic E-state index is -0.270. The number of nitrogens with zero attached hydrogens (tertiary/aromatic N) is 2. The van der Waals surface area contributed by atoms with Gasteiger partial charge < -0.3 is 9.64 Å². The van der Waals surface area contributed by atoms with E-state index in [2.05, 4.69) is 16.7 Å². The van der Waals surface area contributed by atoms with Crippen molar-refractivity contribution in [1.29, 1.82) is 0 Å². The molecule has 2 atom stereocenters. The van der Waals surface area contributed by atoms with Gasteiger partial charge in [0.1, 0.15) is 0 Å². The van der Waals surface area contributed by atoms with E-state index in [1.54, 1.807) is 12.1 Å². The summed E-state index contributed by atoms with van der Waals surface area (Å²) < 4.78 is 19.0. The van der Waals surface area contributed by atoms with Crippen molar-refractivity contribution in [3.8, 4) is 5.75 Å². The van der Waals surface area contributed by atoms with Crippen LogP contribution in [-0.2, 0) is 0 Å². The maximum atomic E-state index is 13.9. The molecule has 2 aliphatic heterocycles. The molecule has 2 saturated heterocycles. The third kappa shape index (κ3) is 2.37. The molecule has 3 nitrogen and oxygen atoms in total. The molecule has 0 N–H and O–H groups in total. The molecule has 2 fully saturated rings. The maximum absolute atomic E-state index is 13.9. The molecule has 2 unspecified atom stereocenters. The highest BCUT2D eigenvalue weighted by Gasteiger charge is 2.35. The molecule has 0 spiro atoms. The van der Waals surface area contributed by atoms with Crippen LogP contribution < -0.4 is 9.64 Å². The van der Waals surface area contributed by atoms with Crippen LogP contribution >= 0.6 is 0 Å². The Kier molecular flexibility index (Phi) is 3.83. The van der Waals surface area contributed by atoms with E-state index in [0.29, 0.717) is 17.8 Å². The lowest BCUT2D eigenvalue weighted by Gasteiger charge is -2.45. The number of benzene rings is 1. The Balaban J connectivity index is 1.85. The van der Waals surface area contributed by atoms with Crippen LogP contribution in [-0.4, -0.2) is 43.7 Å². The lowest BCUT2D eigenvalue weighted by molar-refractivity contribution is 0.194. The number of hydrogen-bond acceptors (Lipinski definition) is 3. The summed E-state index contributed by atoms with van der Waals surface area (Å²) >= 11 is 0. The number of ether oxygens (including phenoxy) is 1. The van der Waals surface area contributed by atoms with E-state index in [-0.39, 0.29) is 5.82 Å². The monoisotopic (exact) mass is 278 g/mol. The van der Waals surface area contributed by atoms with Crippen molar-refractivity contribution in [2.24, 2.45) is 0 Å².